The van der Waals surface area contributed by atoms with E-state index in [4.69, 9.17) is 5.73 Å². The SMILES string of the molecule is C[C@@H](N)[C]=O. The number of hydrogen-bond acceptors (Lipinski definition) is 2. The normalized spacial score (nSPS) is 14.0. The third kappa shape index (κ3) is 3.63. The summed E-state index contributed by atoms with van der Waals surface area (Å²) in [6.45, 7) is 1.58. The van der Waals surface area contributed by atoms with E-state index in [0.29, 0.717) is 0 Å². The van der Waals surface area contributed by atoms with Crippen LogP contribution in [0.3, 0.4) is 0 Å². The predicted molar refractivity (Wildman–Crippen MR) is 19.3 cm³/mol. The Labute approximate surface area is 31.0 Å². The fraction of sp³-hybridized carbons (Fsp3) is 0.667. The summed E-state index contributed by atoms with van der Waals surface area (Å²) >= 11 is 0. The van der Waals surface area contributed by atoms with Crippen LogP contribution in [0.5, 0.6) is 0 Å². The monoisotopic (exact) mass is 72.0 g/mol. The van der Waals surface area contributed by atoms with Crippen LogP contribution in [0.15, 0.2) is 0 Å². The fourth-order valence-corrected chi connectivity index (χ4v) is 0. The van der Waals surface area contributed by atoms with E-state index in [1.165, 1.54) is 0 Å². The summed E-state index contributed by atoms with van der Waals surface area (Å²) < 4.78 is 0. The Morgan fingerprint density at radius 2 is 2.20 bits per heavy atom. The third-order valence-electron chi connectivity index (χ3n) is 0.186. The van der Waals surface area contributed by atoms with E-state index in [1.54, 1.807) is 13.2 Å². The molecule has 0 aromatic rings. The van der Waals surface area contributed by atoms with Crippen molar-refractivity contribution in [1.29, 1.82) is 0 Å². The second-order valence-electron chi connectivity index (χ2n) is 0.907. The molecule has 2 heteroatoms. The Hall–Kier alpha value is -0.370. The molecule has 5 heavy (non-hydrogen) atoms. The molecule has 0 aromatic heterocycles. The van der Waals surface area contributed by atoms with E-state index in [1.807, 2.05) is 0 Å². The Morgan fingerprint density at radius 3 is 2.20 bits per heavy atom. The van der Waals surface area contributed by atoms with Crippen molar-refractivity contribution in [3.63, 3.8) is 0 Å². The van der Waals surface area contributed by atoms with Crippen molar-refractivity contribution >= 4 is 6.29 Å². The molecule has 0 rings (SSSR count). The van der Waals surface area contributed by atoms with Gasteiger partial charge in [0.05, 0.1) is 6.04 Å². The lowest BCUT2D eigenvalue weighted by atomic mass is 10.4. The van der Waals surface area contributed by atoms with Gasteiger partial charge in [-0.15, -0.1) is 0 Å². The predicted octanol–water partition coefficient (Wildman–Crippen LogP) is -0.557. The molecule has 0 aliphatic heterocycles. The van der Waals surface area contributed by atoms with Crippen LogP contribution in [-0.2, 0) is 4.79 Å². The molecule has 0 fully saturated rings. The molecule has 0 aliphatic rings. The second-order valence-corrected chi connectivity index (χ2v) is 0.907. The molecule has 0 unspecified atom stereocenters. The first-order chi connectivity index (χ1) is 2.27. The Kier molecular flexibility index (Phi) is 1.76. The summed E-state index contributed by atoms with van der Waals surface area (Å²) in [4.78, 5) is 9.25. The van der Waals surface area contributed by atoms with Crippen LogP contribution < -0.4 is 5.73 Å². The lowest BCUT2D eigenvalue weighted by molar-refractivity contribution is 0.546. The Bertz CT molecular complexity index is 33.9. The standard InChI is InChI=1S/C3H6NO/c1-3(4)2-5/h3H,4H2,1H3/t3-/m1/s1. The lowest BCUT2D eigenvalue weighted by Gasteiger charge is -1.79. The van der Waals surface area contributed by atoms with E-state index in [0.717, 1.165) is 0 Å². The largest absolute Gasteiger partial charge is 0.321 e. The van der Waals surface area contributed by atoms with Crippen molar-refractivity contribution in [2.45, 2.75) is 13.0 Å². The van der Waals surface area contributed by atoms with Crippen LogP contribution >= 0.6 is 0 Å². The van der Waals surface area contributed by atoms with E-state index >= 15 is 0 Å². The highest BCUT2D eigenvalue weighted by atomic mass is 16.1. The minimum Gasteiger partial charge on any atom is -0.321 e. The highest BCUT2D eigenvalue weighted by Gasteiger charge is 1.81. The van der Waals surface area contributed by atoms with Crippen LogP contribution in [0.1, 0.15) is 6.92 Å². The molecular formula is C3H6NO. The zero-order valence-electron chi connectivity index (χ0n) is 3.06. The van der Waals surface area contributed by atoms with Gasteiger partial charge in [-0.2, -0.15) is 0 Å². The highest BCUT2D eigenvalue weighted by molar-refractivity contribution is 5.56. The number of nitrogens with two attached hydrogens (primary N) is 1. The maximum Gasteiger partial charge on any atom is 0.216 e. The smallest absolute Gasteiger partial charge is 0.216 e. The van der Waals surface area contributed by atoms with Gasteiger partial charge in [0.2, 0.25) is 6.29 Å². The molecular weight excluding hydrogens is 66.0 g/mol. The summed E-state index contributed by atoms with van der Waals surface area (Å²) in [5, 5.41) is 0. The molecule has 0 bridgehead atoms. The molecule has 2 nitrogen and oxygen atoms in total. The first-order valence-corrected chi connectivity index (χ1v) is 1.40. The molecule has 0 aromatic carbocycles. The van der Waals surface area contributed by atoms with Gasteiger partial charge in [-0.05, 0) is 6.92 Å². The van der Waals surface area contributed by atoms with Gasteiger partial charge in [-0.1, -0.05) is 0 Å². The summed E-state index contributed by atoms with van der Waals surface area (Å²) in [5.41, 5.74) is 4.87. The summed E-state index contributed by atoms with van der Waals surface area (Å²) in [7, 11) is 0. The van der Waals surface area contributed by atoms with Crippen LogP contribution in [0.2, 0.25) is 0 Å². The second kappa shape index (κ2) is 1.91. The van der Waals surface area contributed by atoms with Crippen molar-refractivity contribution in [2.75, 3.05) is 0 Å². The summed E-state index contributed by atoms with van der Waals surface area (Å²) in [6.07, 6.45) is 1.56. The topological polar surface area (TPSA) is 43.1 Å². The van der Waals surface area contributed by atoms with Crippen molar-refractivity contribution in [1.82, 2.24) is 0 Å². The summed E-state index contributed by atoms with van der Waals surface area (Å²) in [6, 6.07) is -0.421. The van der Waals surface area contributed by atoms with Crippen molar-refractivity contribution in [3.8, 4) is 0 Å². The molecule has 1 radical (unpaired) electrons. The molecule has 1 atom stereocenters. The number of hydrogen-bond donors (Lipinski definition) is 1. The Morgan fingerprint density at radius 1 is 2.00 bits per heavy atom. The average Bonchev–Trinajstić information content (AvgIpc) is 1.38. The van der Waals surface area contributed by atoms with Crippen molar-refractivity contribution in [2.24, 2.45) is 5.73 Å². The van der Waals surface area contributed by atoms with Gasteiger partial charge >= 0.3 is 0 Å². The molecule has 0 saturated carbocycles. The third-order valence-corrected chi connectivity index (χ3v) is 0.186. The van der Waals surface area contributed by atoms with E-state index in [2.05, 4.69) is 0 Å². The molecule has 0 aliphatic carbocycles. The van der Waals surface area contributed by atoms with Crippen LogP contribution in [0.4, 0.5) is 0 Å². The Balaban J connectivity index is 2.83. The van der Waals surface area contributed by atoms with E-state index < -0.39 is 6.04 Å². The van der Waals surface area contributed by atoms with Crippen LogP contribution in [0, 0.1) is 0 Å². The summed E-state index contributed by atoms with van der Waals surface area (Å²) in [5.74, 6) is 0. The molecule has 2 N–H and O–H groups in total. The van der Waals surface area contributed by atoms with Gasteiger partial charge in [-0.25, -0.2) is 0 Å². The molecule has 0 heterocycles. The molecule has 0 spiro atoms. The van der Waals surface area contributed by atoms with Gasteiger partial charge < -0.3 is 5.73 Å². The lowest BCUT2D eigenvalue weighted by Crippen LogP contribution is -2.15. The minimum atomic E-state index is -0.421. The number of carbonyl (C=O) groups excluding carboxylic acids is 1. The highest BCUT2D eigenvalue weighted by Crippen LogP contribution is 1.55. The van der Waals surface area contributed by atoms with Crippen molar-refractivity contribution < 1.29 is 4.79 Å². The first-order valence-electron chi connectivity index (χ1n) is 1.40. The number of rotatable bonds is 1. The van der Waals surface area contributed by atoms with E-state index in [-0.39, 0.29) is 0 Å². The fourth-order valence-electron chi connectivity index (χ4n) is 0. The van der Waals surface area contributed by atoms with Gasteiger partial charge in [0.15, 0.2) is 0 Å². The maximum atomic E-state index is 9.25. The average molecular weight is 72.1 g/mol. The quantitative estimate of drug-likeness (QED) is 0.451. The molecule has 0 amide bonds. The van der Waals surface area contributed by atoms with Gasteiger partial charge in [-0.3, -0.25) is 4.79 Å². The van der Waals surface area contributed by atoms with Gasteiger partial charge in [0.1, 0.15) is 0 Å². The minimum absolute atomic E-state index is 0.421. The van der Waals surface area contributed by atoms with Crippen LogP contribution in [0.25, 0.3) is 0 Å². The zero-order chi connectivity index (χ0) is 4.28. The van der Waals surface area contributed by atoms with Crippen LogP contribution in [-0.4, -0.2) is 12.3 Å². The first kappa shape index (κ1) is 4.63. The zero-order valence-corrected chi connectivity index (χ0v) is 3.06. The van der Waals surface area contributed by atoms with Gasteiger partial charge in [0.25, 0.3) is 0 Å². The maximum absolute atomic E-state index is 9.25. The van der Waals surface area contributed by atoms with Crippen molar-refractivity contribution in [3.05, 3.63) is 0 Å². The molecule has 0 saturated heterocycles. The molecule has 29 valence electrons. The van der Waals surface area contributed by atoms with E-state index in [9.17, 15) is 4.79 Å². The van der Waals surface area contributed by atoms with Gasteiger partial charge in [0, 0.05) is 0 Å².